The minimum atomic E-state index is 0.0633. The molecule has 288 valence electrons. The van der Waals surface area contributed by atoms with E-state index in [0.717, 1.165) is 29.5 Å². The maximum atomic E-state index is 6.80. The lowest BCUT2D eigenvalue weighted by molar-refractivity contribution is 0.332. The van der Waals surface area contributed by atoms with Gasteiger partial charge in [-0.2, -0.15) is 0 Å². The Labute approximate surface area is 349 Å². The van der Waals surface area contributed by atoms with Crippen LogP contribution in [0.4, 0.5) is 11.4 Å². The first kappa shape index (κ1) is 35.2. The average Bonchev–Trinajstić information content (AvgIpc) is 3.89. The van der Waals surface area contributed by atoms with E-state index in [0.29, 0.717) is 0 Å². The molecule has 1 aliphatic heterocycles. The fourth-order valence-corrected chi connectivity index (χ4v) is 11.7. The number of hydrogen-bond donors (Lipinski definition) is 1. The second-order valence-corrected chi connectivity index (χ2v) is 20.8. The Bertz CT molecular complexity index is 3420. The molecular formula is C54H47BN2OS. The van der Waals surface area contributed by atoms with Crippen molar-refractivity contribution in [3.63, 3.8) is 0 Å². The first-order valence-corrected chi connectivity index (χ1v) is 22.1. The molecule has 59 heavy (non-hydrogen) atoms. The molecule has 0 saturated carbocycles. The summed E-state index contributed by atoms with van der Waals surface area (Å²) in [6.45, 7) is 16.6. The van der Waals surface area contributed by atoms with Gasteiger partial charge in [0, 0.05) is 59.1 Å². The minimum absolute atomic E-state index is 0.0633. The van der Waals surface area contributed by atoms with Crippen molar-refractivity contribution in [2.45, 2.75) is 77.6 Å². The number of furan rings is 1. The highest BCUT2D eigenvalue weighted by Crippen LogP contribution is 2.50. The first-order valence-electron chi connectivity index (χ1n) is 21.3. The Kier molecular flexibility index (Phi) is 7.11. The van der Waals surface area contributed by atoms with Gasteiger partial charge in [-0.05, 0) is 117 Å². The van der Waals surface area contributed by atoms with Crippen LogP contribution >= 0.6 is 11.3 Å². The SMILES string of the molecule is CC(C)(C)c1ccc(Nc2cc3c(cc2-c2ccc4c5c6oc7ccccc7c6ccc5n5c4c2Bc2cc4c(cc2-5)sc2ccccc24)C(C)(C)CCC3(C)C)cc1. The van der Waals surface area contributed by atoms with Gasteiger partial charge in [0.2, 0.25) is 0 Å². The van der Waals surface area contributed by atoms with E-state index in [9.17, 15) is 0 Å². The topological polar surface area (TPSA) is 30.1 Å². The highest BCUT2D eigenvalue weighted by molar-refractivity contribution is 7.25. The van der Waals surface area contributed by atoms with Crippen LogP contribution in [-0.4, -0.2) is 11.8 Å². The Morgan fingerprint density at radius 1 is 0.661 bits per heavy atom. The van der Waals surface area contributed by atoms with Gasteiger partial charge in [-0.3, -0.25) is 0 Å². The van der Waals surface area contributed by atoms with Crippen LogP contribution in [0.1, 0.15) is 78.0 Å². The van der Waals surface area contributed by atoms with Gasteiger partial charge < -0.3 is 14.3 Å². The summed E-state index contributed by atoms with van der Waals surface area (Å²) in [4.78, 5) is 0. The molecular weight excluding hydrogens is 735 g/mol. The second kappa shape index (κ2) is 11.9. The predicted octanol–water partition coefficient (Wildman–Crippen LogP) is 13.8. The summed E-state index contributed by atoms with van der Waals surface area (Å²) in [5.74, 6) is 0. The van der Waals surface area contributed by atoms with Gasteiger partial charge in [0.05, 0.1) is 10.9 Å². The number of rotatable bonds is 3. The molecule has 1 N–H and O–H groups in total. The largest absolute Gasteiger partial charge is 0.455 e. The Morgan fingerprint density at radius 3 is 2.15 bits per heavy atom. The van der Waals surface area contributed by atoms with Crippen LogP contribution in [0.2, 0.25) is 0 Å². The molecule has 5 heteroatoms. The normalized spacial score (nSPS) is 15.6. The zero-order chi connectivity index (χ0) is 40.2. The highest BCUT2D eigenvalue weighted by atomic mass is 32.1. The molecule has 2 aliphatic rings. The monoisotopic (exact) mass is 782 g/mol. The predicted molar refractivity (Wildman–Crippen MR) is 257 cm³/mol. The molecule has 0 unspecified atom stereocenters. The molecule has 1 aliphatic carbocycles. The molecule has 4 heterocycles. The maximum Gasteiger partial charge on any atom is 0.198 e. The van der Waals surface area contributed by atoms with Crippen molar-refractivity contribution in [1.82, 2.24) is 4.57 Å². The molecule has 3 aromatic heterocycles. The molecule has 0 spiro atoms. The molecule has 0 fully saturated rings. The number of thiophene rings is 1. The Balaban J connectivity index is 1.17. The van der Waals surface area contributed by atoms with Crippen molar-refractivity contribution in [3.8, 4) is 16.8 Å². The number of nitrogens with one attached hydrogen (secondary N) is 1. The fourth-order valence-electron chi connectivity index (χ4n) is 10.6. The van der Waals surface area contributed by atoms with E-state index in [1.165, 1.54) is 110 Å². The van der Waals surface area contributed by atoms with Gasteiger partial charge in [-0.15, -0.1) is 11.3 Å². The van der Waals surface area contributed by atoms with Crippen LogP contribution in [0.15, 0.2) is 126 Å². The molecule has 0 bridgehead atoms. The number of anilines is 2. The number of nitrogens with zero attached hydrogens (tertiary/aromatic N) is 1. The van der Waals surface area contributed by atoms with Crippen LogP contribution in [0.5, 0.6) is 0 Å². The maximum absolute atomic E-state index is 6.80. The zero-order valence-electron chi connectivity index (χ0n) is 34.9. The number of aromatic nitrogens is 1. The smallest absolute Gasteiger partial charge is 0.198 e. The third-order valence-electron chi connectivity index (χ3n) is 14.0. The summed E-state index contributed by atoms with van der Waals surface area (Å²) in [6.07, 6.45) is 2.33. The molecule has 3 nitrogen and oxygen atoms in total. The fraction of sp³-hybridized carbons (Fsp3) is 0.222. The van der Waals surface area contributed by atoms with E-state index in [4.69, 9.17) is 4.42 Å². The van der Waals surface area contributed by atoms with Crippen molar-refractivity contribution in [1.29, 1.82) is 0 Å². The second-order valence-electron chi connectivity index (χ2n) is 19.7. The quantitative estimate of drug-likeness (QED) is 0.181. The first-order chi connectivity index (χ1) is 28.3. The molecule has 0 radical (unpaired) electrons. The third-order valence-corrected chi connectivity index (χ3v) is 15.2. The number of para-hydroxylation sites is 1. The molecule has 7 aromatic carbocycles. The lowest BCUT2D eigenvalue weighted by Gasteiger charge is -2.42. The Morgan fingerprint density at radius 2 is 1.37 bits per heavy atom. The summed E-state index contributed by atoms with van der Waals surface area (Å²) in [5, 5.41) is 11.5. The van der Waals surface area contributed by atoms with Crippen LogP contribution < -0.4 is 16.2 Å². The standard InChI is InChI=1S/C54H47BN2OS/c1-52(2,3)30-16-18-31(19-17-30)56-42-28-40-39(53(4,5)24-25-54(40,6)7)26-37(42)34-20-21-36-48-43(23-22-35-32-12-8-10-14-45(32)58-51(35)48)57-44-29-47-38(27-41(44)55-49(34)50(36)57)33-13-9-11-15-46(33)59-47/h8-23,26-29,55-56H,24-25H2,1-7H3. The van der Waals surface area contributed by atoms with E-state index in [1.807, 2.05) is 11.3 Å². The van der Waals surface area contributed by atoms with Crippen LogP contribution in [0.3, 0.4) is 0 Å². The van der Waals surface area contributed by atoms with E-state index >= 15 is 0 Å². The summed E-state index contributed by atoms with van der Waals surface area (Å²) in [5.41, 5.74) is 17.7. The molecule has 10 aromatic rings. The van der Waals surface area contributed by atoms with Crippen LogP contribution in [0.25, 0.3) is 80.7 Å². The number of fused-ring (bicyclic) bond motifs is 13. The van der Waals surface area contributed by atoms with E-state index in [1.54, 1.807) is 0 Å². The summed E-state index contributed by atoms with van der Waals surface area (Å²) in [6, 6.07) is 45.9. The lowest BCUT2D eigenvalue weighted by Crippen LogP contribution is -2.37. The summed E-state index contributed by atoms with van der Waals surface area (Å²) >= 11 is 1.90. The summed E-state index contributed by atoms with van der Waals surface area (Å²) < 4.78 is 12.0. The lowest BCUT2D eigenvalue weighted by atomic mass is 9.58. The molecule has 12 rings (SSSR count). The number of benzene rings is 7. The van der Waals surface area contributed by atoms with Crippen molar-refractivity contribution in [3.05, 3.63) is 138 Å². The highest BCUT2D eigenvalue weighted by Gasteiger charge is 2.38. The van der Waals surface area contributed by atoms with Gasteiger partial charge in [0.25, 0.3) is 0 Å². The van der Waals surface area contributed by atoms with Crippen LogP contribution in [0, 0.1) is 0 Å². The third kappa shape index (κ3) is 5.07. The molecule has 0 amide bonds. The van der Waals surface area contributed by atoms with E-state index < -0.39 is 0 Å². The van der Waals surface area contributed by atoms with Gasteiger partial charge in [0.1, 0.15) is 11.2 Å². The van der Waals surface area contributed by atoms with Crippen LogP contribution in [-0.2, 0) is 16.2 Å². The van der Waals surface area contributed by atoms with Crippen molar-refractivity contribution >= 4 is 105 Å². The average molecular weight is 783 g/mol. The Hall–Kier alpha value is -5.78. The minimum Gasteiger partial charge on any atom is -0.455 e. The van der Waals surface area contributed by atoms with Crippen molar-refractivity contribution in [2.75, 3.05) is 5.32 Å². The molecule has 0 atom stereocenters. The summed E-state index contributed by atoms with van der Waals surface area (Å²) in [7, 11) is 0.841. The molecule has 0 saturated heterocycles. The van der Waals surface area contributed by atoms with Gasteiger partial charge in [0.15, 0.2) is 7.28 Å². The zero-order valence-corrected chi connectivity index (χ0v) is 35.7. The van der Waals surface area contributed by atoms with Crippen molar-refractivity contribution in [2.24, 2.45) is 0 Å². The van der Waals surface area contributed by atoms with E-state index in [2.05, 4.69) is 180 Å². The van der Waals surface area contributed by atoms with Gasteiger partial charge in [-0.1, -0.05) is 121 Å². The van der Waals surface area contributed by atoms with Crippen molar-refractivity contribution < 1.29 is 4.42 Å². The number of hydrogen-bond acceptors (Lipinski definition) is 3. The van der Waals surface area contributed by atoms with E-state index in [-0.39, 0.29) is 16.2 Å². The van der Waals surface area contributed by atoms with Gasteiger partial charge in [-0.25, -0.2) is 0 Å². The van der Waals surface area contributed by atoms with Gasteiger partial charge >= 0.3 is 0 Å².